The lowest BCUT2D eigenvalue weighted by Crippen LogP contribution is -2.38. The molecule has 15 heavy (non-hydrogen) atoms. The van der Waals surface area contributed by atoms with Crippen molar-refractivity contribution in [2.75, 3.05) is 6.54 Å². The van der Waals surface area contributed by atoms with Gasteiger partial charge >= 0.3 is 0 Å². The van der Waals surface area contributed by atoms with Gasteiger partial charge in [-0.3, -0.25) is 0 Å². The van der Waals surface area contributed by atoms with E-state index in [1.54, 1.807) is 0 Å². The molecule has 0 aliphatic carbocycles. The van der Waals surface area contributed by atoms with Crippen molar-refractivity contribution in [2.24, 2.45) is 0 Å². The molecule has 1 aliphatic rings. The van der Waals surface area contributed by atoms with E-state index in [0.717, 1.165) is 18.5 Å². The molecule has 0 radical (unpaired) electrons. The van der Waals surface area contributed by atoms with Gasteiger partial charge in [0.15, 0.2) is 0 Å². The van der Waals surface area contributed by atoms with Gasteiger partial charge in [-0.2, -0.15) is 0 Å². The zero-order chi connectivity index (χ0) is 10.7. The predicted octanol–water partition coefficient (Wildman–Crippen LogP) is 2.52. The van der Waals surface area contributed by atoms with Gasteiger partial charge in [0, 0.05) is 11.1 Å². The number of aliphatic hydroxyl groups excluding tert-OH is 1. The van der Waals surface area contributed by atoms with Gasteiger partial charge in [-0.1, -0.05) is 30.2 Å². The van der Waals surface area contributed by atoms with Gasteiger partial charge in [0.2, 0.25) is 0 Å². The average Bonchev–Trinajstić information content (AvgIpc) is 2.29. The predicted molar refractivity (Wildman–Crippen MR) is 62.1 cm³/mol. The highest BCUT2D eigenvalue weighted by Gasteiger charge is 2.22. The van der Waals surface area contributed by atoms with Crippen molar-refractivity contribution < 1.29 is 5.11 Å². The van der Waals surface area contributed by atoms with Crippen LogP contribution in [0, 0.1) is 0 Å². The van der Waals surface area contributed by atoms with E-state index < -0.39 is 6.10 Å². The largest absolute Gasteiger partial charge is 0.387 e. The standard InChI is InChI=1S/C12H16ClNO/c13-10-5-3-4-9(8-10)12(15)11-6-1-2-7-14-11/h3-5,8,11-12,14-15H,1-2,6-7H2/t11?,12-/m1/s1. The van der Waals surface area contributed by atoms with E-state index in [-0.39, 0.29) is 6.04 Å². The lowest BCUT2D eigenvalue weighted by molar-refractivity contribution is 0.114. The molecule has 1 unspecified atom stereocenters. The van der Waals surface area contributed by atoms with Crippen molar-refractivity contribution in [3.05, 3.63) is 34.9 Å². The van der Waals surface area contributed by atoms with E-state index in [1.165, 1.54) is 12.8 Å². The van der Waals surface area contributed by atoms with Crippen LogP contribution in [0.3, 0.4) is 0 Å². The van der Waals surface area contributed by atoms with E-state index in [0.29, 0.717) is 5.02 Å². The summed E-state index contributed by atoms with van der Waals surface area (Å²) < 4.78 is 0. The first-order valence-corrected chi connectivity index (χ1v) is 5.82. The topological polar surface area (TPSA) is 32.3 Å². The molecule has 3 heteroatoms. The van der Waals surface area contributed by atoms with Crippen molar-refractivity contribution in [1.29, 1.82) is 0 Å². The van der Waals surface area contributed by atoms with Crippen molar-refractivity contribution in [3.63, 3.8) is 0 Å². The molecule has 0 spiro atoms. The Morgan fingerprint density at radius 3 is 2.93 bits per heavy atom. The van der Waals surface area contributed by atoms with Crippen LogP contribution in [-0.4, -0.2) is 17.7 Å². The highest BCUT2D eigenvalue weighted by atomic mass is 35.5. The Kier molecular flexibility index (Phi) is 3.62. The fraction of sp³-hybridized carbons (Fsp3) is 0.500. The van der Waals surface area contributed by atoms with Gasteiger partial charge in [0.1, 0.15) is 0 Å². The number of hydrogen-bond acceptors (Lipinski definition) is 2. The Morgan fingerprint density at radius 2 is 2.27 bits per heavy atom. The summed E-state index contributed by atoms with van der Waals surface area (Å²) >= 11 is 5.90. The lowest BCUT2D eigenvalue weighted by atomic mass is 9.95. The Labute approximate surface area is 95.3 Å². The second-order valence-electron chi connectivity index (χ2n) is 4.06. The Morgan fingerprint density at radius 1 is 1.40 bits per heavy atom. The number of rotatable bonds is 2. The molecule has 0 bridgehead atoms. The maximum absolute atomic E-state index is 10.1. The molecule has 1 heterocycles. The molecule has 1 aromatic carbocycles. The first-order chi connectivity index (χ1) is 7.27. The molecular formula is C12H16ClNO. The van der Waals surface area contributed by atoms with Gasteiger partial charge in [-0.25, -0.2) is 0 Å². The van der Waals surface area contributed by atoms with Gasteiger partial charge in [0.05, 0.1) is 6.10 Å². The maximum atomic E-state index is 10.1. The number of piperidine rings is 1. The second kappa shape index (κ2) is 4.97. The van der Waals surface area contributed by atoms with Crippen LogP contribution in [0.4, 0.5) is 0 Å². The fourth-order valence-electron chi connectivity index (χ4n) is 2.07. The molecular weight excluding hydrogens is 210 g/mol. The zero-order valence-corrected chi connectivity index (χ0v) is 9.37. The number of halogens is 1. The summed E-state index contributed by atoms with van der Waals surface area (Å²) in [6.07, 6.45) is 2.99. The molecule has 2 rings (SSSR count). The van der Waals surface area contributed by atoms with Crippen LogP contribution >= 0.6 is 11.6 Å². The van der Waals surface area contributed by atoms with E-state index >= 15 is 0 Å². The second-order valence-corrected chi connectivity index (χ2v) is 4.49. The van der Waals surface area contributed by atoms with E-state index in [1.807, 2.05) is 24.3 Å². The van der Waals surface area contributed by atoms with E-state index in [4.69, 9.17) is 11.6 Å². The third-order valence-corrected chi connectivity index (χ3v) is 3.15. The van der Waals surface area contributed by atoms with Crippen LogP contribution in [0.1, 0.15) is 30.9 Å². The van der Waals surface area contributed by atoms with E-state index in [2.05, 4.69) is 5.32 Å². The van der Waals surface area contributed by atoms with Crippen LogP contribution in [0.25, 0.3) is 0 Å². The summed E-state index contributed by atoms with van der Waals surface area (Å²) in [5.41, 5.74) is 0.905. The quantitative estimate of drug-likeness (QED) is 0.811. The first kappa shape index (κ1) is 10.9. The highest BCUT2D eigenvalue weighted by Crippen LogP contribution is 2.24. The molecule has 1 fully saturated rings. The molecule has 2 nitrogen and oxygen atoms in total. The minimum Gasteiger partial charge on any atom is -0.387 e. The fourth-order valence-corrected chi connectivity index (χ4v) is 2.27. The van der Waals surface area contributed by atoms with Crippen molar-refractivity contribution >= 4 is 11.6 Å². The average molecular weight is 226 g/mol. The van der Waals surface area contributed by atoms with Crippen molar-refractivity contribution in [1.82, 2.24) is 5.32 Å². The lowest BCUT2D eigenvalue weighted by Gasteiger charge is -2.28. The molecule has 2 atom stereocenters. The molecule has 0 saturated carbocycles. The zero-order valence-electron chi connectivity index (χ0n) is 8.62. The molecule has 0 amide bonds. The summed E-state index contributed by atoms with van der Waals surface area (Å²) in [5.74, 6) is 0. The van der Waals surface area contributed by atoms with Crippen LogP contribution in [0.5, 0.6) is 0 Å². The van der Waals surface area contributed by atoms with Crippen LogP contribution < -0.4 is 5.32 Å². The minimum atomic E-state index is -0.441. The van der Waals surface area contributed by atoms with E-state index in [9.17, 15) is 5.11 Å². The summed E-state index contributed by atoms with van der Waals surface area (Å²) in [4.78, 5) is 0. The van der Waals surface area contributed by atoms with Gasteiger partial charge < -0.3 is 10.4 Å². The van der Waals surface area contributed by atoms with Crippen LogP contribution in [-0.2, 0) is 0 Å². The van der Waals surface area contributed by atoms with Crippen molar-refractivity contribution in [3.8, 4) is 0 Å². The molecule has 1 saturated heterocycles. The number of aliphatic hydroxyl groups is 1. The summed E-state index contributed by atoms with van der Waals surface area (Å²) in [6, 6.07) is 7.64. The summed E-state index contributed by atoms with van der Waals surface area (Å²) in [6.45, 7) is 1.00. The SMILES string of the molecule is O[C@H](c1cccc(Cl)c1)C1CCCCN1. The van der Waals surface area contributed by atoms with Gasteiger partial charge in [0.25, 0.3) is 0 Å². The van der Waals surface area contributed by atoms with Gasteiger partial charge in [-0.15, -0.1) is 0 Å². The molecule has 0 aromatic heterocycles. The Hall–Kier alpha value is -0.570. The molecule has 82 valence electrons. The smallest absolute Gasteiger partial charge is 0.0943 e. The number of benzene rings is 1. The number of nitrogens with one attached hydrogen (secondary N) is 1. The van der Waals surface area contributed by atoms with Crippen LogP contribution in [0.2, 0.25) is 5.02 Å². The summed E-state index contributed by atoms with van der Waals surface area (Å²) in [5, 5.41) is 14.2. The minimum absolute atomic E-state index is 0.178. The third-order valence-electron chi connectivity index (χ3n) is 2.92. The molecule has 1 aliphatic heterocycles. The highest BCUT2D eigenvalue weighted by molar-refractivity contribution is 6.30. The third kappa shape index (κ3) is 2.71. The Balaban J connectivity index is 2.08. The monoisotopic (exact) mass is 225 g/mol. The Bertz CT molecular complexity index is 323. The summed E-state index contributed by atoms with van der Waals surface area (Å²) in [7, 11) is 0. The van der Waals surface area contributed by atoms with Gasteiger partial charge in [-0.05, 0) is 37.1 Å². The molecule has 1 aromatic rings. The molecule has 2 N–H and O–H groups in total. The first-order valence-electron chi connectivity index (χ1n) is 5.44. The normalized spacial score (nSPS) is 23.7. The maximum Gasteiger partial charge on any atom is 0.0943 e. The van der Waals surface area contributed by atoms with Crippen molar-refractivity contribution in [2.45, 2.75) is 31.4 Å². The number of hydrogen-bond donors (Lipinski definition) is 2. The van der Waals surface area contributed by atoms with Crippen LogP contribution in [0.15, 0.2) is 24.3 Å².